The molecular weight excluding hydrogens is 284 g/mol. The summed E-state index contributed by atoms with van der Waals surface area (Å²) < 4.78 is 12.3. The standard InChI is InChI=1S/C16H18N2O2S/c1-16(14-9-21-10-18-14)19-13-4-2-3-12(15(13)20-16)11-5-7-17-8-6-11/h2-4,9-11,17H,5-8H2,1H3. The zero-order valence-electron chi connectivity index (χ0n) is 12.0. The zero-order valence-corrected chi connectivity index (χ0v) is 12.8. The Bertz CT molecular complexity index is 638. The maximum Gasteiger partial charge on any atom is 0.293 e. The number of fused-ring (bicyclic) bond motifs is 1. The number of piperidine rings is 1. The maximum absolute atomic E-state index is 6.22. The zero-order chi connectivity index (χ0) is 14.3. The first-order valence-electron chi connectivity index (χ1n) is 7.36. The first-order chi connectivity index (χ1) is 10.3. The number of thiazole rings is 1. The third-order valence-corrected chi connectivity index (χ3v) is 4.87. The molecule has 0 aliphatic carbocycles. The Labute approximate surface area is 128 Å². The lowest BCUT2D eigenvalue weighted by molar-refractivity contribution is -0.0717. The summed E-state index contributed by atoms with van der Waals surface area (Å²) in [7, 11) is 0. The Morgan fingerprint density at radius 3 is 2.90 bits per heavy atom. The van der Waals surface area contributed by atoms with E-state index in [1.807, 2.05) is 23.9 Å². The van der Waals surface area contributed by atoms with E-state index in [-0.39, 0.29) is 0 Å². The fraction of sp³-hybridized carbons (Fsp3) is 0.438. The highest BCUT2D eigenvalue weighted by Crippen LogP contribution is 2.48. The second kappa shape index (κ2) is 5.00. The van der Waals surface area contributed by atoms with Crippen molar-refractivity contribution in [1.29, 1.82) is 0 Å². The van der Waals surface area contributed by atoms with Crippen LogP contribution in [0.25, 0.3) is 0 Å². The van der Waals surface area contributed by atoms with Crippen LogP contribution in [-0.4, -0.2) is 18.1 Å². The number of hydrogen-bond donors (Lipinski definition) is 1. The Balaban J connectivity index is 1.69. The smallest absolute Gasteiger partial charge is 0.293 e. The lowest BCUT2D eigenvalue weighted by atomic mass is 9.89. The minimum Gasteiger partial charge on any atom is -0.443 e. The number of aromatic nitrogens is 1. The summed E-state index contributed by atoms with van der Waals surface area (Å²) in [6.07, 6.45) is 2.29. The molecule has 5 heteroatoms. The van der Waals surface area contributed by atoms with E-state index in [1.165, 1.54) is 5.56 Å². The predicted molar refractivity (Wildman–Crippen MR) is 82.0 cm³/mol. The minimum atomic E-state index is -0.800. The third kappa shape index (κ3) is 2.21. The van der Waals surface area contributed by atoms with Gasteiger partial charge in [-0.1, -0.05) is 12.1 Å². The molecule has 1 fully saturated rings. The van der Waals surface area contributed by atoms with E-state index in [1.54, 1.807) is 11.3 Å². The summed E-state index contributed by atoms with van der Waals surface area (Å²) >= 11 is 1.56. The Hall–Kier alpha value is -1.59. The molecule has 1 N–H and O–H groups in total. The topological polar surface area (TPSA) is 43.4 Å². The Kier molecular flexibility index (Phi) is 3.12. The SMILES string of the molecule is CC1(c2cscn2)Oc2cccc(C3CCNCC3)c2O1. The van der Waals surface area contributed by atoms with Crippen molar-refractivity contribution >= 4 is 11.3 Å². The highest BCUT2D eigenvalue weighted by molar-refractivity contribution is 7.07. The van der Waals surface area contributed by atoms with Crippen LogP contribution >= 0.6 is 11.3 Å². The molecule has 1 atom stereocenters. The summed E-state index contributed by atoms with van der Waals surface area (Å²) in [5.41, 5.74) is 3.91. The number of para-hydroxylation sites is 1. The van der Waals surface area contributed by atoms with Crippen molar-refractivity contribution < 1.29 is 9.47 Å². The van der Waals surface area contributed by atoms with E-state index >= 15 is 0 Å². The fourth-order valence-corrected chi connectivity index (χ4v) is 3.78. The van der Waals surface area contributed by atoms with Crippen molar-refractivity contribution in [3.8, 4) is 11.5 Å². The van der Waals surface area contributed by atoms with E-state index in [0.717, 1.165) is 43.1 Å². The molecule has 1 unspecified atom stereocenters. The second-order valence-electron chi connectivity index (χ2n) is 5.72. The normalized spacial score (nSPS) is 25.2. The number of nitrogens with one attached hydrogen (secondary N) is 1. The number of rotatable bonds is 2. The van der Waals surface area contributed by atoms with E-state index in [9.17, 15) is 0 Å². The molecule has 0 bridgehead atoms. The average Bonchev–Trinajstić information content (AvgIpc) is 3.15. The summed E-state index contributed by atoms with van der Waals surface area (Å²) in [4.78, 5) is 4.35. The number of hydrogen-bond acceptors (Lipinski definition) is 5. The lowest BCUT2D eigenvalue weighted by Gasteiger charge is -2.25. The van der Waals surface area contributed by atoms with Gasteiger partial charge in [0.1, 0.15) is 5.69 Å². The quantitative estimate of drug-likeness (QED) is 0.925. The molecule has 2 aliphatic rings. The molecule has 0 spiro atoms. The van der Waals surface area contributed by atoms with Gasteiger partial charge in [0.05, 0.1) is 5.51 Å². The maximum atomic E-state index is 6.22. The summed E-state index contributed by atoms with van der Waals surface area (Å²) in [5.74, 6) is 1.48. The molecule has 110 valence electrons. The van der Waals surface area contributed by atoms with Crippen molar-refractivity contribution in [2.45, 2.75) is 31.5 Å². The lowest BCUT2D eigenvalue weighted by Crippen LogP contribution is -2.32. The van der Waals surface area contributed by atoms with E-state index in [4.69, 9.17) is 9.47 Å². The van der Waals surface area contributed by atoms with Gasteiger partial charge in [-0.05, 0) is 37.9 Å². The minimum absolute atomic E-state index is 0.544. The van der Waals surface area contributed by atoms with Gasteiger partial charge in [0.25, 0.3) is 5.79 Å². The van der Waals surface area contributed by atoms with Gasteiger partial charge >= 0.3 is 0 Å². The Morgan fingerprint density at radius 2 is 2.14 bits per heavy atom. The summed E-state index contributed by atoms with van der Waals surface area (Å²) in [5, 5.41) is 5.39. The van der Waals surface area contributed by atoms with Gasteiger partial charge in [-0.3, -0.25) is 0 Å². The van der Waals surface area contributed by atoms with Crippen LogP contribution in [0.2, 0.25) is 0 Å². The van der Waals surface area contributed by atoms with E-state index < -0.39 is 5.79 Å². The predicted octanol–water partition coefficient (Wildman–Crippen LogP) is 3.25. The molecule has 2 aliphatic heterocycles. The number of nitrogens with zero attached hydrogens (tertiary/aromatic N) is 1. The van der Waals surface area contributed by atoms with Crippen LogP contribution in [0.1, 0.15) is 36.9 Å². The molecule has 0 saturated carbocycles. The highest BCUT2D eigenvalue weighted by Gasteiger charge is 2.42. The van der Waals surface area contributed by atoms with E-state index in [0.29, 0.717) is 5.92 Å². The third-order valence-electron chi connectivity index (χ3n) is 4.29. The van der Waals surface area contributed by atoms with Crippen LogP contribution in [0.3, 0.4) is 0 Å². The van der Waals surface area contributed by atoms with Gasteiger partial charge in [-0.25, -0.2) is 4.98 Å². The van der Waals surface area contributed by atoms with Gasteiger partial charge in [0, 0.05) is 17.9 Å². The molecule has 21 heavy (non-hydrogen) atoms. The molecule has 3 heterocycles. The van der Waals surface area contributed by atoms with Crippen LogP contribution in [0.4, 0.5) is 0 Å². The second-order valence-corrected chi connectivity index (χ2v) is 6.44. The van der Waals surface area contributed by atoms with Gasteiger partial charge in [-0.15, -0.1) is 11.3 Å². The van der Waals surface area contributed by atoms with Gasteiger partial charge < -0.3 is 14.8 Å². The van der Waals surface area contributed by atoms with Gasteiger partial charge in [-0.2, -0.15) is 0 Å². The van der Waals surface area contributed by atoms with Crippen molar-refractivity contribution in [3.63, 3.8) is 0 Å². The van der Waals surface area contributed by atoms with Crippen LogP contribution in [0.15, 0.2) is 29.1 Å². The van der Waals surface area contributed by atoms with Crippen LogP contribution in [-0.2, 0) is 5.79 Å². The molecular formula is C16H18N2O2S. The fourth-order valence-electron chi connectivity index (χ4n) is 3.14. The average molecular weight is 302 g/mol. The van der Waals surface area contributed by atoms with Crippen molar-refractivity contribution in [1.82, 2.24) is 10.3 Å². The molecule has 0 amide bonds. The van der Waals surface area contributed by atoms with Crippen molar-refractivity contribution in [2.24, 2.45) is 0 Å². The first kappa shape index (κ1) is 13.1. The highest BCUT2D eigenvalue weighted by atomic mass is 32.1. The van der Waals surface area contributed by atoms with Gasteiger partial charge in [0.2, 0.25) is 0 Å². The number of ether oxygens (including phenoxy) is 2. The van der Waals surface area contributed by atoms with Crippen LogP contribution in [0, 0.1) is 0 Å². The van der Waals surface area contributed by atoms with Crippen LogP contribution in [0.5, 0.6) is 11.5 Å². The largest absolute Gasteiger partial charge is 0.443 e. The molecule has 4 rings (SSSR count). The molecule has 0 radical (unpaired) electrons. The monoisotopic (exact) mass is 302 g/mol. The molecule has 4 nitrogen and oxygen atoms in total. The first-order valence-corrected chi connectivity index (χ1v) is 8.31. The van der Waals surface area contributed by atoms with Crippen molar-refractivity contribution in [2.75, 3.05) is 13.1 Å². The van der Waals surface area contributed by atoms with E-state index in [2.05, 4.69) is 22.4 Å². The van der Waals surface area contributed by atoms with Crippen LogP contribution < -0.4 is 14.8 Å². The molecule has 1 saturated heterocycles. The summed E-state index contributed by atoms with van der Waals surface area (Å²) in [6, 6.07) is 6.22. The van der Waals surface area contributed by atoms with Crippen molar-refractivity contribution in [3.05, 3.63) is 40.3 Å². The molecule has 1 aromatic heterocycles. The molecule has 1 aromatic carbocycles. The number of benzene rings is 1. The van der Waals surface area contributed by atoms with Gasteiger partial charge in [0.15, 0.2) is 11.5 Å². The Morgan fingerprint density at radius 1 is 1.29 bits per heavy atom. The summed E-state index contributed by atoms with van der Waals surface area (Å²) in [6.45, 7) is 4.07. The molecule has 2 aromatic rings.